The fourth-order valence-electron chi connectivity index (χ4n) is 1.60. The number of nitrogens with zero attached hydrogens (tertiary/aromatic N) is 1. The summed E-state index contributed by atoms with van der Waals surface area (Å²) >= 11 is 5.70. The number of nitro groups is 1. The van der Waals surface area contributed by atoms with Crippen molar-refractivity contribution in [2.24, 2.45) is 5.41 Å². The van der Waals surface area contributed by atoms with Gasteiger partial charge in [0.05, 0.1) is 30.2 Å². The van der Waals surface area contributed by atoms with Crippen LogP contribution in [0.1, 0.15) is 0 Å². The van der Waals surface area contributed by atoms with Crippen molar-refractivity contribution in [3.8, 4) is 5.75 Å². The molecule has 0 unspecified atom stereocenters. The first-order valence-corrected chi connectivity index (χ1v) is 5.69. The van der Waals surface area contributed by atoms with Gasteiger partial charge >= 0.3 is 5.69 Å². The molecule has 98 valence electrons. The van der Waals surface area contributed by atoms with E-state index in [0.717, 1.165) is 0 Å². The molecule has 1 aliphatic heterocycles. The highest BCUT2D eigenvalue weighted by Crippen LogP contribution is 2.33. The molecule has 1 aliphatic rings. The van der Waals surface area contributed by atoms with E-state index in [1.54, 1.807) is 0 Å². The second-order valence-electron chi connectivity index (χ2n) is 4.31. The molecule has 18 heavy (non-hydrogen) atoms. The van der Waals surface area contributed by atoms with Crippen molar-refractivity contribution in [1.29, 1.82) is 0 Å². The molecule has 1 N–H and O–H groups in total. The lowest BCUT2D eigenvalue weighted by Crippen LogP contribution is -2.49. The summed E-state index contributed by atoms with van der Waals surface area (Å²) in [5.74, 6) is 0.143. The Morgan fingerprint density at radius 1 is 1.56 bits per heavy atom. The predicted molar refractivity (Wildman–Crippen MR) is 63.9 cm³/mol. The van der Waals surface area contributed by atoms with Gasteiger partial charge in [0.25, 0.3) is 0 Å². The van der Waals surface area contributed by atoms with Crippen molar-refractivity contribution in [3.05, 3.63) is 33.3 Å². The summed E-state index contributed by atoms with van der Waals surface area (Å²) in [5, 5.41) is 20.3. The number of aliphatic hydroxyl groups is 1. The number of nitro benzene ring substituents is 1. The summed E-state index contributed by atoms with van der Waals surface area (Å²) in [6.45, 7) is 0.885. The van der Waals surface area contributed by atoms with Crippen molar-refractivity contribution < 1.29 is 19.5 Å². The van der Waals surface area contributed by atoms with Gasteiger partial charge in [-0.05, 0) is 12.1 Å². The molecule has 1 aromatic carbocycles. The van der Waals surface area contributed by atoms with Crippen molar-refractivity contribution in [1.82, 2.24) is 0 Å². The van der Waals surface area contributed by atoms with Crippen LogP contribution in [0.3, 0.4) is 0 Å². The van der Waals surface area contributed by atoms with E-state index >= 15 is 0 Å². The summed E-state index contributed by atoms with van der Waals surface area (Å²) in [6.07, 6.45) is 0. The normalized spacial score (nSPS) is 17.0. The second-order valence-corrected chi connectivity index (χ2v) is 4.75. The van der Waals surface area contributed by atoms with Gasteiger partial charge in [-0.15, -0.1) is 0 Å². The third-order valence-electron chi connectivity index (χ3n) is 2.80. The first kappa shape index (κ1) is 13.1. The summed E-state index contributed by atoms with van der Waals surface area (Å²) < 4.78 is 10.4. The van der Waals surface area contributed by atoms with Gasteiger partial charge < -0.3 is 14.6 Å². The van der Waals surface area contributed by atoms with Crippen LogP contribution in [0.2, 0.25) is 5.02 Å². The summed E-state index contributed by atoms with van der Waals surface area (Å²) in [5.41, 5.74) is -0.635. The minimum absolute atomic E-state index is 0.0750. The maximum atomic E-state index is 10.8. The Labute approximate surface area is 108 Å². The van der Waals surface area contributed by atoms with Gasteiger partial charge in [-0.3, -0.25) is 10.1 Å². The fraction of sp³-hybridized carbons (Fsp3) is 0.455. The van der Waals surface area contributed by atoms with E-state index in [-0.39, 0.29) is 29.7 Å². The number of aliphatic hydroxyl groups excluding tert-OH is 1. The molecule has 0 aromatic heterocycles. The van der Waals surface area contributed by atoms with Gasteiger partial charge in [0.2, 0.25) is 0 Å². The van der Waals surface area contributed by atoms with Crippen molar-refractivity contribution in [2.75, 3.05) is 26.4 Å². The Morgan fingerprint density at radius 2 is 2.28 bits per heavy atom. The van der Waals surface area contributed by atoms with Crippen LogP contribution in [0.25, 0.3) is 0 Å². The molecule has 1 saturated heterocycles. The maximum Gasteiger partial charge on any atom is 0.312 e. The maximum absolute atomic E-state index is 10.8. The van der Waals surface area contributed by atoms with E-state index in [1.165, 1.54) is 18.2 Å². The van der Waals surface area contributed by atoms with Gasteiger partial charge in [0, 0.05) is 11.1 Å². The number of benzene rings is 1. The quantitative estimate of drug-likeness (QED) is 0.651. The van der Waals surface area contributed by atoms with E-state index in [4.69, 9.17) is 21.1 Å². The molecule has 0 radical (unpaired) electrons. The van der Waals surface area contributed by atoms with Crippen molar-refractivity contribution in [3.63, 3.8) is 0 Å². The zero-order chi connectivity index (χ0) is 13.2. The molecule has 6 nitrogen and oxygen atoms in total. The smallest absolute Gasteiger partial charge is 0.312 e. The Morgan fingerprint density at radius 3 is 2.78 bits per heavy atom. The standard InChI is InChI=1S/C11H12ClNO5/c12-8-1-2-10(9(3-8)13(15)16)18-7-11(4-14)5-17-6-11/h1-3,14H,4-7H2. The Balaban J connectivity index is 2.11. The topological polar surface area (TPSA) is 81.8 Å². The minimum Gasteiger partial charge on any atom is -0.486 e. The lowest BCUT2D eigenvalue weighted by atomic mass is 9.88. The molecule has 1 fully saturated rings. The molecule has 0 spiro atoms. The summed E-state index contributed by atoms with van der Waals surface area (Å²) in [7, 11) is 0. The Hall–Kier alpha value is -1.37. The fourth-order valence-corrected chi connectivity index (χ4v) is 1.76. The van der Waals surface area contributed by atoms with E-state index in [1.807, 2.05) is 0 Å². The molecular weight excluding hydrogens is 262 g/mol. The van der Waals surface area contributed by atoms with Crippen molar-refractivity contribution >= 4 is 17.3 Å². The first-order valence-electron chi connectivity index (χ1n) is 5.32. The zero-order valence-corrected chi connectivity index (χ0v) is 10.2. The lowest BCUT2D eigenvalue weighted by Gasteiger charge is -2.39. The lowest BCUT2D eigenvalue weighted by molar-refractivity contribution is -0.386. The van der Waals surface area contributed by atoms with E-state index in [9.17, 15) is 15.2 Å². The largest absolute Gasteiger partial charge is 0.486 e. The number of hydrogen-bond donors (Lipinski definition) is 1. The predicted octanol–water partition coefficient (Wildman–Crippen LogP) is 1.64. The van der Waals surface area contributed by atoms with Crippen LogP contribution in [-0.4, -0.2) is 36.5 Å². The van der Waals surface area contributed by atoms with Crippen LogP contribution in [0.5, 0.6) is 5.75 Å². The summed E-state index contributed by atoms with van der Waals surface area (Å²) in [6, 6.07) is 4.21. The summed E-state index contributed by atoms with van der Waals surface area (Å²) in [4.78, 5) is 10.3. The molecule has 1 heterocycles. The van der Waals surface area contributed by atoms with Crippen LogP contribution >= 0.6 is 11.6 Å². The van der Waals surface area contributed by atoms with E-state index in [2.05, 4.69) is 0 Å². The third-order valence-corrected chi connectivity index (χ3v) is 3.04. The average molecular weight is 274 g/mol. The van der Waals surface area contributed by atoms with Gasteiger partial charge in [-0.2, -0.15) is 0 Å². The highest BCUT2D eigenvalue weighted by molar-refractivity contribution is 6.30. The molecule has 0 aliphatic carbocycles. The highest BCUT2D eigenvalue weighted by atomic mass is 35.5. The molecule has 1 aromatic rings. The van der Waals surface area contributed by atoms with Crippen molar-refractivity contribution in [2.45, 2.75) is 0 Å². The average Bonchev–Trinajstić information content (AvgIpc) is 2.29. The molecule has 0 atom stereocenters. The van der Waals surface area contributed by atoms with Crippen LogP contribution in [0, 0.1) is 15.5 Å². The molecule has 7 heteroatoms. The third kappa shape index (κ3) is 2.55. The molecule has 0 saturated carbocycles. The number of halogens is 1. The number of hydrogen-bond acceptors (Lipinski definition) is 5. The molecule has 0 amide bonds. The van der Waals surface area contributed by atoms with Crippen LogP contribution < -0.4 is 4.74 Å². The van der Waals surface area contributed by atoms with Crippen LogP contribution in [-0.2, 0) is 4.74 Å². The van der Waals surface area contributed by atoms with E-state index < -0.39 is 10.3 Å². The SMILES string of the molecule is O=[N+]([O-])c1cc(Cl)ccc1OCC1(CO)COC1. The zero-order valence-electron chi connectivity index (χ0n) is 9.47. The van der Waals surface area contributed by atoms with Gasteiger partial charge in [0.15, 0.2) is 5.75 Å². The van der Waals surface area contributed by atoms with Crippen LogP contribution in [0.15, 0.2) is 18.2 Å². The van der Waals surface area contributed by atoms with E-state index in [0.29, 0.717) is 13.2 Å². The number of ether oxygens (including phenoxy) is 2. The Bertz CT molecular complexity index is 455. The first-order chi connectivity index (χ1) is 8.56. The molecular formula is C11H12ClNO5. The minimum atomic E-state index is -0.551. The van der Waals surface area contributed by atoms with Gasteiger partial charge in [-0.1, -0.05) is 11.6 Å². The molecule has 0 bridgehead atoms. The van der Waals surface area contributed by atoms with Gasteiger partial charge in [-0.25, -0.2) is 0 Å². The number of rotatable bonds is 5. The van der Waals surface area contributed by atoms with Gasteiger partial charge in [0.1, 0.15) is 6.61 Å². The Kier molecular flexibility index (Phi) is 3.70. The molecule has 2 rings (SSSR count). The second kappa shape index (κ2) is 5.09. The monoisotopic (exact) mass is 273 g/mol. The van der Waals surface area contributed by atoms with Crippen LogP contribution in [0.4, 0.5) is 5.69 Å². The highest BCUT2D eigenvalue weighted by Gasteiger charge is 2.39.